The van der Waals surface area contributed by atoms with Crippen LogP contribution in [0.3, 0.4) is 0 Å². The molecule has 4 aromatic heterocycles. The molecule has 0 atom stereocenters. The van der Waals surface area contributed by atoms with E-state index >= 15 is 0 Å². The second-order valence-electron chi connectivity index (χ2n) is 26.8. The molecular formula is C99H84B2Br11Cl2O25P. The first-order valence-electron chi connectivity index (χ1n) is 40.4. The Morgan fingerprint density at radius 2 is 0.743 bits per heavy atom. The van der Waals surface area contributed by atoms with Crippen LogP contribution in [0, 0.1) is 6.65 Å². The Morgan fingerprint density at radius 1 is 0.414 bits per heavy atom. The number of alkyl halides is 2. The number of phenolic OH excluding ortho intramolecular Hbond substituents is 3. The van der Waals surface area contributed by atoms with Crippen LogP contribution < -0.4 is 62.1 Å². The number of benzene rings is 11. The summed E-state index contributed by atoms with van der Waals surface area (Å²) in [7, 11) is 5.84. The summed E-state index contributed by atoms with van der Waals surface area (Å²) < 4.78 is 77.5. The molecular weight excluding hydrogens is 2590 g/mol. The van der Waals surface area contributed by atoms with Crippen LogP contribution in [-0.2, 0) is 46.4 Å². The van der Waals surface area contributed by atoms with Crippen molar-refractivity contribution in [1.82, 2.24) is 0 Å². The second kappa shape index (κ2) is 66.3. The molecule has 0 fully saturated rings. The Balaban J connectivity index is 0.000000284. The van der Waals surface area contributed by atoms with Gasteiger partial charge in [0.25, 0.3) is 0 Å². The van der Waals surface area contributed by atoms with Gasteiger partial charge in [0.15, 0.2) is 35.4 Å². The molecule has 15 aromatic rings. The van der Waals surface area contributed by atoms with Crippen LogP contribution in [0.2, 0.25) is 0 Å². The average Bonchev–Trinajstić information content (AvgIpc) is 0.752. The summed E-state index contributed by atoms with van der Waals surface area (Å²) in [6.07, 6.45) is 3.30. The first-order chi connectivity index (χ1) is 67.2. The first kappa shape index (κ1) is 121. The Labute approximate surface area is 907 Å². The number of esters is 3. The summed E-state index contributed by atoms with van der Waals surface area (Å²) >= 11 is 44.9. The molecule has 0 radical (unpaired) electrons. The minimum absolute atomic E-state index is 0.0475. The number of carbonyl (C=O) groups excluding carboxylic acids is 4. The fraction of sp³-hybridized carbons (Fsp3) is 0.131. The van der Waals surface area contributed by atoms with E-state index in [-0.39, 0.29) is 64.3 Å². The zero-order chi connectivity index (χ0) is 103. The van der Waals surface area contributed by atoms with Crippen molar-refractivity contribution < 1.29 is 99.5 Å². The predicted molar refractivity (Wildman–Crippen MR) is 594 cm³/mol. The molecule has 11 aromatic carbocycles. The molecule has 4 heterocycles. The number of hydrogen-bond donors (Lipinski definition) is 3. The van der Waals surface area contributed by atoms with Crippen LogP contribution in [0.1, 0.15) is 51.3 Å². The van der Waals surface area contributed by atoms with E-state index in [1.54, 1.807) is 86.6 Å². The van der Waals surface area contributed by atoms with E-state index in [9.17, 15) is 53.7 Å². The molecule has 0 saturated heterocycles. The van der Waals surface area contributed by atoms with Crippen molar-refractivity contribution in [2.24, 2.45) is 0 Å². The van der Waals surface area contributed by atoms with Crippen molar-refractivity contribution in [3.63, 3.8) is 0 Å². The van der Waals surface area contributed by atoms with Crippen molar-refractivity contribution in [3.05, 3.63) is 378 Å². The van der Waals surface area contributed by atoms with Gasteiger partial charge >= 0.3 is 58.1 Å². The molecule has 0 aliphatic rings. The molecule has 0 bridgehead atoms. The molecule has 0 saturated carbocycles. The zero-order valence-corrected chi connectivity index (χ0v) is 94.4. The maximum atomic E-state index is 12.5. The number of phenols is 3. The molecule has 0 unspecified atom stereocenters. The van der Waals surface area contributed by atoms with Crippen molar-refractivity contribution in [2.75, 3.05) is 60.2 Å². The zero-order valence-electron chi connectivity index (χ0n) is 74.6. The second-order valence-corrected chi connectivity index (χ2v) is 47.9. The number of halogens is 13. The molecule has 0 amide bonds. The number of ether oxygens (including phenoxy) is 9. The summed E-state index contributed by atoms with van der Waals surface area (Å²) in [6.45, 7) is 7.54. The van der Waals surface area contributed by atoms with E-state index in [0.717, 1.165) is 43.6 Å². The third kappa shape index (κ3) is 41.8. The summed E-state index contributed by atoms with van der Waals surface area (Å²) in [5.74, 6) is 4.70. The average molecular weight is 2680 g/mol. The molecule has 0 spiro atoms. The number of aromatic hydroxyl groups is 3. The molecule has 3 N–H and O–H groups in total. The van der Waals surface area contributed by atoms with Crippen LogP contribution in [0.15, 0.2) is 338 Å². The van der Waals surface area contributed by atoms with Gasteiger partial charge in [-0.1, -0.05) is 152 Å². The maximum absolute atomic E-state index is 12.5. The summed E-state index contributed by atoms with van der Waals surface area (Å²) in [5, 5.41) is 34.6. The van der Waals surface area contributed by atoms with E-state index < -0.39 is 30.1 Å². The third-order valence-electron chi connectivity index (χ3n) is 17.5. The summed E-state index contributed by atoms with van der Waals surface area (Å²) in [4.78, 5) is 90.5. The number of hydrogen-bond acceptors (Lipinski definition) is 24. The summed E-state index contributed by atoms with van der Waals surface area (Å²) in [6, 6.07) is 82.0. The monoisotopic (exact) mass is 2660 g/mol. The quantitative estimate of drug-likeness (QED) is 0.00485. The van der Waals surface area contributed by atoms with Gasteiger partial charge in [-0.15, -0.1) is 118 Å². The van der Waals surface area contributed by atoms with Gasteiger partial charge in [0.05, 0.1) is 62.5 Å². The molecule has 25 nitrogen and oxygen atoms in total. The van der Waals surface area contributed by atoms with Gasteiger partial charge in [-0.05, 0) is 231 Å². The van der Waals surface area contributed by atoms with Crippen molar-refractivity contribution in [1.29, 1.82) is 0 Å². The van der Waals surface area contributed by atoms with E-state index in [1.165, 1.54) is 82.0 Å². The Bertz CT molecular complexity index is 6720. The van der Waals surface area contributed by atoms with Gasteiger partial charge < -0.3 is 75.6 Å². The molecule has 0 aliphatic carbocycles. The Kier molecular flexibility index (Phi) is 57.3. The van der Waals surface area contributed by atoms with E-state index in [0.29, 0.717) is 123 Å². The van der Waals surface area contributed by atoms with Crippen LogP contribution >= 0.6 is 204 Å². The summed E-state index contributed by atoms with van der Waals surface area (Å²) in [5.41, 5.74) is 2.96. The Hall–Kier alpha value is -9.53. The number of carbonyl (C=O) groups is 4. The molecule has 732 valence electrons. The van der Waals surface area contributed by atoms with E-state index in [2.05, 4.69) is 217 Å². The topological polar surface area (TPSA) is 353 Å². The molecule has 15 rings (SSSR count). The van der Waals surface area contributed by atoms with Crippen molar-refractivity contribution in [2.45, 2.75) is 27.1 Å². The van der Waals surface area contributed by atoms with Gasteiger partial charge in [-0.2, -0.15) is 0 Å². The number of methoxy groups -OCH3 is 4. The van der Waals surface area contributed by atoms with E-state index in [1.807, 2.05) is 128 Å². The SMILES string of the molecule is BrB(Br)Br.BrB(Br)Br.CCOC(=O)/C=C/c1cc(OC)cc(Br)c1O.CCOC(=O)C=P(c1ccccc1)(c1ccccc1)c1ccccc1.COC(=O)c1cc(OCc2ccccc2)cc2ccc(=O)oc12.COCOc1cc(Br)c2oc(=O)ccc2c1.COc1cc(Br)c(O)c(C=O)c1.ClCCCl.O=c1ccc2cc(O)cc(Br)c2o1.O=c1ccc2cc(OCc3ccccc3)cc(Br)c2o1.[C-]#[O+]. The van der Waals surface area contributed by atoms with Crippen molar-refractivity contribution >= 4 is 307 Å². The normalized spacial score (nSPS) is 10.1. The van der Waals surface area contributed by atoms with Gasteiger partial charge in [0, 0.05) is 82.1 Å². The molecule has 41 heteroatoms. The van der Waals surface area contributed by atoms with Crippen LogP contribution in [0.5, 0.6) is 46.0 Å². The van der Waals surface area contributed by atoms with Crippen LogP contribution in [-0.4, -0.2) is 112 Å². The van der Waals surface area contributed by atoms with E-state index in [4.69, 9.17) is 88.2 Å². The fourth-order valence-corrected chi connectivity index (χ4v) is 17.8. The van der Waals surface area contributed by atoms with Crippen LogP contribution in [0.25, 0.3) is 50.0 Å². The third-order valence-corrected chi connectivity index (χ3v) is 24.9. The molecule has 0 aliphatic heterocycles. The number of fused-ring (bicyclic) bond motifs is 4. The van der Waals surface area contributed by atoms with Gasteiger partial charge in [0.1, 0.15) is 64.8 Å². The van der Waals surface area contributed by atoms with Gasteiger partial charge in [-0.3, -0.25) is 4.79 Å². The first-order valence-corrected chi connectivity index (χ1v) is 52.8. The minimum atomic E-state index is -2.24. The molecule has 140 heavy (non-hydrogen) atoms. The number of rotatable bonds is 22. The number of aldehydes is 1. The van der Waals surface area contributed by atoms with Gasteiger partial charge in [-0.25, -0.2) is 33.6 Å². The standard InChI is InChI=1S/C22H21O2P.C18H14O5.C16H11BrO3.C12H13BrO4.C11H9BrO4.C9H5BrO3.C8H7BrO3.C2H4Cl2.CO.2BBr3/c1-2-24-22(23)18-25(19-12-6-3-7-13-19,20-14-8-4-9-15-20)21-16-10-5-11-17-21;1-21-18(20)15-10-14(22-11-12-5-3-2-4-6-12)9-13-7-8-16(19)23-17(13)15;17-14-9-13(19-10-11-4-2-1-3-5-11)8-12-6-7-15(18)20-16(12)14;1-3-17-11(14)5-4-8-6-9(16-2)7-10(13)12(8)15;1-14-6-15-8-4-7-2-3-10(13)16-11(7)9(12)5-8;10-7-4-6(11)3-5-1-2-8(12)13-9(5)7;1-12-6-2-5(4-10)8(11)7(9)3-6;3-1-2-4;1-2;2*2-1(3)4/h3-18H,2H2,1H3;2-10H,11H2,1H3;1-9H,10H2;4-7,15H,3H2,1-2H3;2-5H,6H2,1H3;1-4,11H;2-4,11H,1H3;1-2H2;;;/b;;;5-4+;;;;;;;. The van der Waals surface area contributed by atoms with Gasteiger partial charge in [0.2, 0.25) is 0 Å². The Morgan fingerprint density at radius 3 is 1.11 bits per heavy atom. The fourth-order valence-electron chi connectivity index (χ4n) is 11.6. The van der Waals surface area contributed by atoms with Crippen LogP contribution in [0.4, 0.5) is 0 Å². The predicted octanol–water partition coefficient (Wildman–Crippen LogP) is 25.9. The van der Waals surface area contributed by atoms with Crippen molar-refractivity contribution in [3.8, 4) is 46.0 Å².